The number of aromatic amines is 1. The summed E-state index contributed by atoms with van der Waals surface area (Å²) in [6, 6.07) is 13.0. The zero-order chi connectivity index (χ0) is 15.7. The summed E-state index contributed by atoms with van der Waals surface area (Å²) in [6.45, 7) is 3.96. The number of amides is 1. The second kappa shape index (κ2) is 5.48. The van der Waals surface area contributed by atoms with Crippen molar-refractivity contribution in [3.05, 3.63) is 65.4 Å². The van der Waals surface area contributed by atoms with Gasteiger partial charge in [0.1, 0.15) is 0 Å². The highest BCUT2D eigenvalue weighted by atomic mass is 16.2. The van der Waals surface area contributed by atoms with Gasteiger partial charge in [0.05, 0.1) is 5.56 Å². The first-order chi connectivity index (χ1) is 10.6. The summed E-state index contributed by atoms with van der Waals surface area (Å²) in [5.74, 6) is -1.18. The fourth-order valence-electron chi connectivity index (χ4n) is 2.39. The van der Waals surface area contributed by atoms with Gasteiger partial charge >= 0.3 is 0 Å². The Morgan fingerprint density at radius 3 is 2.55 bits per heavy atom. The summed E-state index contributed by atoms with van der Waals surface area (Å²) < 4.78 is 0. The third-order valence-corrected chi connectivity index (χ3v) is 3.80. The molecule has 4 nitrogen and oxygen atoms in total. The maximum absolute atomic E-state index is 12.3. The largest absolute Gasteiger partial charge is 0.360 e. The molecule has 2 aromatic carbocycles. The molecule has 0 spiro atoms. The molecule has 3 rings (SSSR count). The molecule has 0 aliphatic heterocycles. The van der Waals surface area contributed by atoms with Crippen molar-refractivity contribution in [2.24, 2.45) is 0 Å². The summed E-state index contributed by atoms with van der Waals surface area (Å²) in [5, 5.41) is 3.41. The molecule has 4 heteroatoms. The van der Waals surface area contributed by atoms with E-state index in [4.69, 9.17) is 0 Å². The van der Waals surface area contributed by atoms with E-state index < -0.39 is 11.7 Å². The smallest absolute Gasteiger partial charge is 0.296 e. The van der Waals surface area contributed by atoms with E-state index in [2.05, 4.69) is 10.3 Å². The van der Waals surface area contributed by atoms with E-state index in [-0.39, 0.29) is 0 Å². The van der Waals surface area contributed by atoms with Crippen molar-refractivity contribution in [2.75, 3.05) is 5.32 Å². The van der Waals surface area contributed by atoms with Crippen LogP contribution in [0.1, 0.15) is 21.5 Å². The van der Waals surface area contributed by atoms with Gasteiger partial charge < -0.3 is 10.3 Å². The molecule has 0 saturated carbocycles. The summed E-state index contributed by atoms with van der Waals surface area (Å²) >= 11 is 0. The number of anilines is 1. The predicted molar refractivity (Wildman–Crippen MR) is 87.2 cm³/mol. The number of para-hydroxylation sites is 1. The van der Waals surface area contributed by atoms with Gasteiger partial charge in [-0.2, -0.15) is 0 Å². The van der Waals surface area contributed by atoms with Crippen molar-refractivity contribution in [2.45, 2.75) is 13.8 Å². The number of carbonyl (C=O) groups excluding carboxylic acids is 2. The average molecular weight is 292 g/mol. The van der Waals surface area contributed by atoms with Crippen LogP contribution in [0, 0.1) is 13.8 Å². The average Bonchev–Trinajstić information content (AvgIpc) is 2.94. The zero-order valence-electron chi connectivity index (χ0n) is 12.4. The number of ketones is 1. The topological polar surface area (TPSA) is 62.0 Å². The Morgan fingerprint density at radius 1 is 1.00 bits per heavy atom. The minimum absolute atomic E-state index is 0.386. The number of nitrogens with one attached hydrogen (secondary N) is 2. The Hall–Kier alpha value is -2.88. The summed E-state index contributed by atoms with van der Waals surface area (Å²) in [7, 11) is 0. The van der Waals surface area contributed by atoms with Crippen LogP contribution in [0.5, 0.6) is 0 Å². The quantitative estimate of drug-likeness (QED) is 0.572. The number of hydrogen-bond donors (Lipinski definition) is 2. The van der Waals surface area contributed by atoms with E-state index in [0.29, 0.717) is 11.3 Å². The highest BCUT2D eigenvalue weighted by Crippen LogP contribution is 2.19. The monoisotopic (exact) mass is 292 g/mol. The predicted octanol–water partition coefficient (Wildman–Crippen LogP) is 3.61. The zero-order valence-corrected chi connectivity index (χ0v) is 12.4. The molecule has 0 atom stereocenters. The molecule has 1 amide bonds. The number of Topliss-reactive ketones (excluding diaryl/α,β-unsaturated/α-hetero) is 1. The van der Waals surface area contributed by atoms with Crippen molar-refractivity contribution in [3.63, 3.8) is 0 Å². The van der Waals surface area contributed by atoms with Crippen LogP contribution in [0.4, 0.5) is 5.69 Å². The number of carbonyl (C=O) groups is 2. The van der Waals surface area contributed by atoms with E-state index in [1.807, 2.05) is 50.2 Å². The molecular weight excluding hydrogens is 276 g/mol. The van der Waals surface area contributed by atoms with E-state index >= 15 is 0 Å². The lowest BCUT2D eigenvalue weighted by atomic mass is 10.1. The molecule has 0 bridgehead atoms. The van der Waals surface area contributed by atoms with E-state index in [1.165, 1.54) is 0 Å². The molecule has 1 heterocycles. The van der Waals surface area contributed by atoms with Crippen LogP contribution in [-0.2, 0) is 4.79 Å². The second-order valence-electron chi connectivity index (χ2n) is 5.33. The molecule has 0 aliphatic rings. The number of benzene rings is 2. The molecular formula is C18H16N2O2. The SMILES string of the molecule is Cc1ccc(NC(=O)C(=O)c2c[nH]c3ccccc23)cc1C. The Morgan fingerprint density at radius 2 is 1.77 bits per heavy atom. The molecule has 3 aromatic rings. The minimum atomic E-state index is -0.631. The summed E-state index contributed by atoms with van der Waals surface area (Å²) in [5.41, 5.74) is 4.06. The lowest BCUT2D eigenvalue weighted by Crippen LogP contribution is -2.22. The van der Waals surface area contributed by atoms with Crippen molar-refractivity contribution >= 4 is 28.3 Å². The standard InChI is InChI=1S/C18H16N2O2/c1-11-7-8-13(9-12(11)2)20-18(22)17(21)15-10-19-16-6-4-3-5-14(15)16/h3-10,19H,1-2H3,(H,20,22). The van der Waals surface area contributed by atoms with Crippen LogP contribution in [0.2, 0.25) is 0 Å². The van der Waals surface area contributed by atoms with Gasteiger partial charge in [-0.25, -0.2) is 0 Å². The fraction of sp³-hybridized carbons (Fsp3) is 0.111. The van der Waals surface area contributed by atoms with Gasteiger partial charge in [0.2, 0.25) is 0 Å². The number of aromatic nitrogens is 1. The number of rotatable bonds is 3. The lowest BCUT2D eigenvalue weighted by Gasteiger charge is -2.06. The van der Waals surface area contributed by atoms with Crippen LogP contribution in [0.25, 0.3) is 10.9 Å². The van der Waals surface area contributed by atoms with Gasteiger partial charge in [0, 0.05) is 22.8 Å². The van der Waals surface area contributed by atoms with Gasteiger partial charge in [-0.3, -0.25) is 9.59 Å². The third kappa shape index (κ3) is 2.51. The van der Waals surface area contributed by atoms with Gasteiger partial charge in [0.25, 0.3) is 11.7 Å². The Labute approximate surface area is 128 Å². The number of fused-ring (bicyclic) bond motifs is 1. The number of aryl methyl sites for hydroxylation is 2. The number of H-pyrrole nitrogens is 1. The lowest BCUT2D eigenvalue weighted by molar-refractivity contribution is -0.112. The summed E-state index contributed by atoms with van der Waals surface area (Å²) in [6.07, 6.45) is 1.58. The molecule has 110 valence electrons. The Kier molecular flexibility index (Phi) is 3.51. The van der Waals surface area contributed by atoms with E-state index in [0.717, 1.165) is 22.0 Å². The maximum Gasteiger partial charge on any atom is 0.296 e. The Bertz CT molecular complexity index is 878. The van der Waals surface area contributed by atoms with Crippen LogP contribution in [-0.4, -0.2) is 16.7 Å². The van der Waals surface area contributed by atoms with Crippen molar-refractivity contribution in [1.29, 1.82) is 0 Å². The first kappa shape index (κ1) is 14.1. The molecule has 0 fully saturated rings. The molecule has 22 heavy (non-hydrogen) atoms. The van der Waals surface area contributed by atoms with Crippen molar-refractivity contribution < 1.29 is 9.59 Å². The van der Waals surface area contributed by atoms with Crippen LogP contribution >= 0.6 is 0 Å². The molecule has 0 radical (unpaired) electrons. The van der Waals surface area contributed by atoms with Gasteiger partial charge in [0.15, 0.2) is 0 Å². The van der Waals surface area contributed by atoms with Gasteiger partial charge in [-0.15, -0.1) is 0 Å². The van der Waals surface area contributed by atoms with Gasteiger partial charge in [-0.1, -0.05) is 24.3 Å². The highest BCUT2D eigenvalue weighted by Gasteiger charge is 2.19. The van der Waals surface area contributed by atoms with Crippen LogP contribution in [0.15, 0.2) is 48.7 Å². The van der Waals surface area contributed by atoms with Crippen LogP contribution < -0.4 is 5.32 Å². The Balaban J connectivity index is 1.85. The molecule has 1 aromatic heterocycles. The molecule has 0 saturated heterocycles. The maximum atomic E-state index is 12.3. The second-order valence-corrected chi connectivity index (χ2v) is 5.33. The van der Waals surface area contributed by atoms with Crippen molar-refractivity contribution in [3.8, 4) is 0 Å². The third-order valence-electron chi connectivity index (χ3n) is 3.80. The minimum Gasteiger partial charge on any atom is -0.360 e. The van der Waals surface area contributed by atoms with Crippen molar-refractivity contribution in [1.82, 2.24) is 4.98 Å². The van der Waals surface area contributed by atoms with E-state index in [1.54, 1.807) is 12.3 Å². The van der Waals surface area contributed by atoms with Crippen LogP contribution in [0.3, 0.4) is 0 Å². The molecule has 0 aliphatic carbocycles. The normalized spacial score (nSPS) is 10.6. The molecule has 2 N–H and O–H groups in total. The highest BCUT2D eigenvalue weighted by molar-refractivity contribution is 6.48. The first-order valence-corrected chi connectivity index (χ1v) is 7.05. The fourth-order valence-corrected chi connectivity index (χ4v) is 2.39. The number of hydrogen-bond acceptors (Lipinski definition) is 2. The molecule has 0 unspecified atom stereocenters. The summed E-state index contributed by atoms with van der Waals surface area (Å²) in [4.78, 5) is 27.5. The van der Waals surface area contributed by atoms with E-state index in [9.17, 15) is 9.59 Å². The van der Waals surface area contributed by atoms with Gasteiger partial charge in [-0.05, 0) is 43.2 Å². The first-order valence-electron chi connectivity index (χ1n) is 7.05.